The van der Waals surface area contributed by atoms with Crippen LogP contribution in [0.15, 0.2) is 22.7 Å². The van der Waals surface area contributed by atoms with Crippen molar-refractivity contribution in [3.05, 3.63) is 28.2 Å². The van der Waals surface area contributed by atoms with Crippen LogP contribution in [0.3, 0.4) is 0 Å². The Hall–Kier alpha value is -1.21. The van der Waals surface area contributed by atoms with Crippen molar-refractivity contribution in [3.8, 4) is 5.75 Å². The second-order valence-electron chi connectivity index (χ2n) is 3.46. The first-order chi connectivity index (χ1) is 8.43. The summed E-state index contributed by atoms with van der Waals surface area (Å²) in [5.41, 5.74) is 5.98. The number of hydrogen-bond acceptors (Lipinski definition) is 4. The molecule has 0 fully saturated rings. The Balaban J connectivity index is 2.91. The highest BCUT2D eigenvalue weighted by Gasteiger charge is 2.18. The fourth-order valence-electron chi connectivity index (χ4n) is 1.39. The van der Waals surface area contributed by atoms with Gasteiger partial charge < -0.3 is 15.2 Å². The van der Waals surface area contributed by atoms with Gasteiger partial charge in [0.15, 0.2) is 0 Å². The molecule has 1 unspecified atom stereocenters. The van der Waals surface area contributed by atoms with Crippen molar-refractivity contribution in [1.29, 1.82) is 0 Å². The summed E-state index contributed by atoms with van der Waals surface area (Å²) < 4.78 is 33.9. The summed E-state index contributed by atoms with van der Waals surface area (Å²) >= 11 is 3.21. The van der Waals surface area contributed by atoms with Crippen molar-refractivity contribution < 1.29 is 23.0 Å². The normalized spacial score (nSPS) is 12.3. The highest BCUT2D eigenvalue weighted by atomic mass is 79.9. The Kier molecular flexibility index (Phi) is 5.49. The van der Waals surface area contributed by atoms with E-state index in [4.69, 9.17) is 5.73 Å². The molecular formula is C11H12BrF2NO3. The summed E-state index contributed by atoms with van der Waals surface area (Å²) in [6.45, 7) is -2.93. The van der Waals surface area contributed by atoms with E-state index in [1.807, 2.05) is 0 Å². The average molecular weight is 324 g/mol. The van der Waals surface area contributed by atoms with Crippen LogP contribution in [-0.4, -0.2) is 25.7 Å². The fourth-order valence-corrected chi connectivity index (χ4v) is 1.80. The van der Waals surface area contributed by atoms with Crippen LogP contribution in [0.2, 0.25) is 0 Å². The summed E-state index contributed by atoms with van der Waals surface area (Å²) in [7, 11) is 1.21. The molecule has 1 aromatic carbocycles. The Morgan fingerprint density at radius 3 is 2.72 bits per heavy atom. The monoisotopic (exact) mass is 323 g/mol. The smallest absolute Gasteiger partial charge is 0.387 e. The molecule has 0 aliphatic rings. The van der Waals surface area contributed by atoms with Gasteiger partial charge >= 0.3 is 12.6 Å². The van der Waals surface area contributed by atoms with Gasteiger partial charge in [0.25, 0.3) is 0 Å². The standard InChI is InChI=1S/C11H12BrF2NO3/c1-17-10(16)8(15)5-6-4-7(12)2-3-9(6)18-11(13)14/h2-4,8,11H,5,15H2,1H3. The molecule has 1 atom stereocenters. The zero-order valence-electron chi connectivity index (χ0n) is 9.53. The van der Waals surface area contributed by atoms with Gasteiger partial charge in [-0.3, -0.25) is 4.79 Å². The van der Waals surface area contributed by atoms with Crippen molar-refractivity contribution in [2.24, 2.45) is 5.73 Å². The van der Waals surface area contributed by atoms with Crippen molar-refractivity contribution in [1.82, 2.24) is 0 Å². The summed E-state index contributed by atoms with van der Waals surface area (Å²) in [4.78, 5) is 11.2. The molecule has 0 aliphatic heterocycles. The topological polar surface area (TPSA) is 61.5 Å². The van der Waals surface area contributed by atoms with Crippen LogP contribution in [-0.2, 0) is 16.0 Å². The van der Waals surface area contributed by atoms with Gasteiger partial charge in [-0.25, -0.2) is 0 Å². The van der Waals surface area contributed by atoms with E-state index in [0.29, 0.717) is 10.0 Å². The van der Waals surface area contributed by atoms with Gasteiger partial charge in [-0.05, 0) is 23.8 Å². The van der Waals surface area contributed by atoms with E-state index in [0.717, 1.165) is 0 Å². The number of esters is 1. The Morgan fingerprint density at radius 2 is 2.17 bits per heavy atom. The molecule has 4 nitrogen and oxygen atoms in total. The fraction of sp³-hybridized carbons (Fsp3) is 0.364. The molecular weight excluding hydrogens is 312 g/mol. The quantitative estimate of drug-likeness (QED) is 0.843. The number of carbonyl (C=O) groups excluding carboxylic acids is 1. The zero-order chi connectivity index (χ0) is 13.7. The number of hydrogen-bond donors (Lipinski definition) is 1. The van der Waals surface area contributed by atoms with Crippen LogP contribution < -0.4 is 10.5 Å². The van der Waals surface area contributed by atoms with E-state index in [9.17, 15) is 13.6 Å². The van der Waals surface area contributed by atoms with Crippen LogP contribution in [0.4, 0.5) is 8.78 Å². The predicted octanol–water partition coefficient (Wildman–Crippen LogP) is 2.09. The van der Waals surface area contributed by atoms with E-state index >= 15 is 0 Å². The molecule has 0 aliphatic carbocycles. The first kappa shape index (κ1) is 14.8. The van der Waals surface area contributed by atoms with Gasteiger partial charge in [-0.15, -0.1) is 0 Å². The van der Waals surface area contributed by atoms with Crippen LogP contribution in [0.25, 0.3) is 0 Å². The minimum absolute atomic E-state index is 0.00690. The molecule has 7 heteroatoms. The van der Waals surface area contributed by atoms with Gasteiger partial charge in [-0.2, -0.15) is 8.78 Å². The lowest BCUT2D eigenvalue weighted by Gasteiger charge is -2.14. The Bertz CT molecular complexity index is 429. The Morgan fingerprint density at radius 1 is 1.50 bits per heavy atom. The molecule has 0 spiro atoms. The van der Waals surface area contributed by atoms with Gasteiger partial charge in [0.2, 0.25) is 0 Å². The third-order valence-electron chi connectivity index (χ3n) is 2.18. The van der Waals surface area contributed by atoms with Crippen LogP contribution in [0.1, 0.15) is 5.56 Å². The highest BCUT2D eigenvalue weighted by molar-refractivity contribution is 9.10. The van der Waals surface area contributed by atoms with Gasteiger partial charge in [0, 0.05) is 10.9 Å². The second-order valence-corrected chi connectivity index (χ2v) is 4.38. The van der Waals surface area contributed by atoms with Gasteiger partial charge in [-0.1, -0.05) is 15.9 Å². The summed E-state index contributed by atoms with van der Waals surface area (Å²) in [6, 6.07) is 3.59. The predicted molar refractivity (Wildman–Crippen MR) is 64.5 cm³/mol. The van der Waals surface area contributed by atoms with Crippen molar-refractivity contribution in [2.75, 3.05) is 7.11 Å². The first-order valence-electron chi connectivity index (χ1n) is 5.00. The highest BCUT2D eigenvalue weighted by Crippen LogP contribution is 2.25. The SMILES string of the molecule is COC(=O)C(N)Cc1cc(Br)ccc1OC(F)F. The number of benzene rings is 1. The van der Waals surface area contributed by atoms with Crippen molar-refractivity contribution in [3.63, 3.8) is 0 Å². The maximum absolute atomic E-state index is 12.2. The molecule has 100 valence electrons. The van der Waals surface area contributed by atoms with E-state index in [1.165, 1.54) is 13.2 Å². The largest absolute Gasteiger partial charge is 0.468 e. The van der Waals surface area contributed by atoms with Crippen LogP contribution in [0.5, 0.6) is 5.75 Å². The lowest BCUT2D eigenvalue weighted by atomic mass is 10.1. The third kappa shape index (κ3) is 4.23. The average Bonchev–Trinajstić information content (AvgIpc) is 2.31. The molecule has 0 heterocycles. The molecule has 1 rings (SSSR count). The molecule has 0 bridgehead atoms. The summed E-state index contributed by atoms with van der Waals surface area (Å²) in [5, 5.41) is 0. The number of nitrogens with two attached hydrogens (primary N) is 1. The first-order valence-corrected chi connectivity index (χ1v) is 5.80. The second kappa shape index (κ2) is 6.65. The molecule has 2 N–H and O–H groups in total. The number of carbonyl (C=O) groups is 1. The van der Waals surface area contributed by atoms with Crippen molar-refractivity contribution >= 4 is 21.9 Å². The van der Waals surface area contributed by atoms with E-state index in [-0.39, 0.29) is 12.2 Å². The zero-order valence-corrected chi connectivity index (χ0v) is 11.1. The molecule has 0 aromatic heterocycles. The molecule has 18 heavy (non-hydrogen) atoms. The number of halogens is 3. The van der Waals surface area contributed by atoms with Crippen LogP contribution in [0, 0.1) is 0 Å². The lowest BCUT2D eigenvalue weighted by molar-refractivity contribution is -0.142. The van der Waals surface area contributed by atoms with Gasteiger partial charge in [0.1, 0.15) is 11.8 Å². The molecule has 1 aromatic rings. The summed E-state index contributed by atoms with van der Waals surface area (Å²) in [5.74, 6) is -0.620. The van der Waals surface area contributed by atoms with E-state index < -0.39 is 18.6 Å². The number of alkyl halides is 2. The van der Waals surface area contributed by atoms with Crippen molar-refractivity contribution in [2.45, 2.75) is 19.1 Å². The molecule has 0 saturated heterocycles. The van der Waals surface area contributed by atoms with Gasteiger partial charge in [0.05, 0.1) is 7.11 Å². The molecule has 0 amide bonds. The number of ether oxygens (including phenoxy) is 2. The van der Waals surface area contributed by atoms with E-state index in [1.54, 1.807) is 12.1 Å². The number of methoxy groups -OCH3 is 1. The van der Waals surface area contributed by atoms with E-state index in [2.05, 4.69) is 25.4 Å². The minimum atomic E-state index is -2.93. The molecule has 0 radical (unpaired) electrons. The number of rotatable bonds is 5. The van der Waals surface area contributed by atoms with Crippen LogP contribution >= 0.6 is 15.9 Å². The molecule has 0 saturated carbocycles. The maximum atomic E-state index is 12.2. The minimum Gasteiger partial charge on any atom is -0.468 e. The third-order valence-corrected chi connectivity index (χ3v) is 2.68. The summed E-state index contributed by atoms with van der Waals surface area (Å²) in [6.07, 6.45) is 0.0498. The lowest BCUT2D eigenvalue weighted by Crippen LogP contribution is -2.33. The Labute approximate surface area is 111 Å². The maximum Gasteiger partial charge on any atom is 0.387 e.